The molecule has 14 heavy (non-hydrogen) atoms. The van der Waals surface area contributed by atoms with Crippen molar-refractivity contribution in [3.63, 3.8) is 0 Å². The number of rotatable bonds is 6. The van der Waals surface area contributed by atoms with Crippen LogP contribution in [0.4, 0.5) is 0 Å². The van der Waals surface area contributed by atoms with Gasteiger partial charge in [-0.3, -0.25) is 4.79 Å². The fourth-order valence-electron chi connectivity index (χ4n) is 1.59. The Hall–Kier alpha value is -0.610. The van der Waals surface area contributed by atoms with E-state index in [2.05, 4.69) is 0 Å². The van der Waals surface area contributed by atoms with E-state index in [4.69, 9.17) is 14.2 Å². The smallest absolute Gasteiger partial charge is 0.309 e. The van der Waals surface area contributed by atoms with Crippen LogP contribution >= 0.6 is 0 Å². The molecule has 0 saturated carbocycles. The van der Waals surface area contributed by atoms with Gasteiger partial charge in [0.1, 0.15) is 0 Å². The summed E-state index contributed by atoms with van der Waals surface area (Å²) in [4.78, 5) is 11.5. The highest BCUT2D eigenvalue weighted by Crippen LogP contribution is 2.28. The summed E-state index contributed by atoms with van der Waals surface area (Å²) < 4.78 is 15.3. The summed E-state index contributed by atoms with van der Waals surface area (Å²) in [6.07, 6.45) is 2.14. The first-order chi connectivity index (χ1) is 6.79. The van der Waals surface area contributed by atoms with E-state index >= 15 is 0 Å². The van der Waals surface area contributed by atoms with Crippen molar-refractivity contribution in [3.05, 3.63) is 0 Å². The molecule has 2 unspecified atom stereocenters. The van der Waals surface area contributed by atoms with Crippen LogP contribution in [-0.4, -0.2) is 38.0 Å². The van der Waals surface area contributed by atoms with E-state index in [1.54, 1.807) is 0 Å². The Morgan fingerprint density at radius 2 is 1.86 bits per heavy atom. The van der Waals surface area contributed by atoms with Gasteiger partial charge in [-0.15, -0.1) is 0 Å². The first-order valence-corrected chi connectivity index (χ1v) is 5.19. The van der Waals surface area contributed by atoms with Crippen LogP contribution in [0.25, 0.3) is 0 Å². The first kappa shape index (κ1) is 9.93. The van der Waals surface area contributed by atoms with Gasteiger partial charge in [0.2, 0.25) is 0 Å². The molecule has 0 aromatic carbocycles. The van der Waals surface area contributed by atoms with Gasteiger partial charge in [0.15, 0.2) is 0 Å². The third-order valence-electron chi connectivity index (χ3n) is 2.52. The summed E-state index contributed by atoms with van der Waals surface area (Å²) in [6, 6.07) is 0. The average Bonchev–Trinajstić information content (AvgIpc) is 2.97. The number of epoxide rings is 2. The van der Waals surface area contributed by atoms with Gasteiger partial charge in [-0.25, -0.2) is 0 Å². The second-order valence-corrected chi connectivity index (χ2v) is 3.83. The lowest BCUT2D eigenvalue weighted by atomic mass is 9.98. The number of ether oxygens (including phenoxy) is 3. The van der Waals surface area contributed by atoms with Gasteiger partial charge in [0.05, 0.1) is 37.9 Å². The summed E-state index contributed by atoms with van der Waals surface area (Å²) in [5, 5.41) is 0. The fourth-order valence-corrected chi connectivity index (χ4v) is 1.59. The molecule has 2 fully saturated rings. The molecule has 2 aliphatic rings. The van der Waals surface area contributed by atoms with Crippen LogP contribution in [0.3, 0.4) is 0 Å². The Bertz CT molecular complexity index is 194. The highest BCUT2D eigenvalue weighted by molar-refractivity contribution is 5.72. The SMILES string of the molecule is CCOC(=O)C(CC1CO1)CC1CO1. The molecular weight excluding hydrogens is 184 g/mol. The highest BCUT2D eigenvalue weighted by Gasteiger charge is 2.36. The maximum absolute atomic E-state index is 11.5. The molecule has 0 amide bonds. The van der Waals surface area contributed by atoms with Crippen molar-refractivity contribution in [3.8, 4) is 0 Å². The molecule has 0 radical (unpaired) electrons. The number of carbonyl (C=O) groups is 1. The molecule has 0 bridgehead atoms. The number of hydrogen-bond donors (Lipinski definition) is 0. The molecule has 4 nitrogen and oxygen atoms in total. The van der Waals surface area contributed by atoms with Crippen molar-refractivity contribution in [1.29, 1.82) is 0 Å². The van der Waals surface area contributed by atoms with Gasteiger partial charge in [-0.05, 0) is 19.8 Å². The maximum atomic E-state index is 11.5. The number of carbonyl (C=O) groups excluding carboxylic acids is 1. The van der Waals surface area contributed by atoms with Crippen LogP contribution < -0.4 is 0 Å². The third kappa shape index (κ3) is 2.96. The normalized spacial score (nSPS) is 30.9. The van der Waals surface area contributed by atoms with E-state index in [0.717, 1.165) is 26.1 Å². The molecule has 2 aliphatic heterocycles. The molecule has 0 aliphatic carbocycles. The largest absolute Gasteiger partial charge is 0.466 e. The second kappa shape index (κ2) is 4.28. The molecule has 0 aromatic rings. The van der Waals surface area contributed by atoms with Gasteiger partial charge in [0, 0.05) is 0 Å². The first-order valence-electron chi connectivity index (χ1n) is 5.19. The Kier molecular flexibility index (Phi) is 3.03. The Morgan fingerprint density at radius 3 is 2.21 bits per heavy atom. The summed E-state index contributed by atoms with van der Waals surface area (Å²) in [6.45, 7) is 3.87. The van der Waals surface area contributed by atoms with Gasteiger partial charge in [-0.2, -0.15) is 0 Å². The molecule has 2 saturated heterocycles. The number of esters is 1. The minimum atomic E-state index is -0.0986. The van der Waals surface area contributed by atoms with Crippen LogP contribution in [0.15, 0.2) is 0 Å². The molecule has 0 aromatic heterocycles. The standard InChI is InChI=1S/C10H16O4/c1-2-12-10(11)7(3-8-5-13-8)4-9-6-14-9/h7-9H,2-6H2,1H3. The molecule has 2 rings (SSSR count). The quantitative estimate of drug-likeness (QED) is 0.469. The van der Waals surface area contributed by atoms with E-state index < -0.39 is 0 Å². The van der Waals surface area contributed by atoms with Crippen molar-refractivity contribution in [2.45, 2.75) is 32.0 Å². The van der Waals surface area contributed by atoms with Crippen LogP contribution in [0, 0.1) is 5.92 Å². The Morgan fingerprint density at radius 1 is 1.36 bits per heavy atom. The summed E-state index contributed by atoms with van der Waals surface area (Å²) in [5.41, 5.74) is 0. The van der Waals surface area contributed by atoms with E-state index in [9.17, 15) is 4.79 Å². The van der Waals surface area contributed by atoms with E-state index in [0.29, 0.717) is 6.61 Å². The summed E-state index contributed by atoms with van der Waals surface area (Å²) in [5.74, 6) is -0.131. The predicted octanol–water partition coefficient (Wildman–Crippen LogP) is 0.744. The van der Waals surface area contributed by atoms with Crippen molar-refractivity contribution < 1.29 is 19.0 Å². The zero-order chi connectivity index (χ0) is 9.97. The van der Waals surface area contributed by atoms with E-state index in [1.807, 2.05) is 6.92 Å². The molecule has 2 heterocycles. The second-order valence-electron chi connectivity index (χ2n) is 3.83. The molecular formula is C10H16O4. The zero-order valence-electron chi connectivity index (χ0n) is 8.40. The van der Waals surface area contributed by atoms with Crippen molar-refractivity contribution in [1.82, 2.24) is 0 Å². The van der Waals surface area contributed by atoms with Crippen LogP contribution in [0.1, 0.15) is 19.8 Å². The third-order valence-corrected chi connectivity index (χ3v) is 2.52. The lowest BCUT2D eigenvalue weighted by Gasteiger charge is -2.12. The minimum Gasteiger partial charge on any atom is -0.466 e. The molecule has 80 valence electrons. The average molecular weight is 200 g/mol. The maximum Gasteiger partial charge on any atom is 0.309 e. The lowest BCUT2D eigenvalue weighted by Crippen LogP contribution is -2.21. The summed E-state index contributed by atoms with van der Waals surface area (Å²) >= 11 is 0. The van der Waals surface area contributed by atoms with Crippen molar-refractivity contribution in [2.24, 2.45) is 5.92 Å². The topological polar surface area (TPSA) is 51.4 Å². The van der Waals surface area contributed by atoms with Gasteiger partial charge < -0.3 is 14.2 Å². The Balaban J connectivity index is 1.78. The van der Waals surface area contributed by atoms with Crippen LogP contribution in [0.2, 0.25) is 0 Å². The van der Waals surface area contributed by atoms with Gasteiger partial charge in [0.25, 0.3) is 0 Å². The molecule has 0 N–H and O–H groups in total. The van der Waals surface area contributed by atoms with E-state index in [1.165, 1.54) is 0 Å². The molecule has 0 spiro atoms. The monoisotopic (exact) mass is 200 g/mol. The molecule has 2 atom stereocenters. The highest BCUT2D eigenvalue weighted by atomic mass is 16.6. The number of hydrogen-bond acceptors (Lipinski definition) is 4. The van der Waals surface area contributed by atoms with Crippen LogP contribution in [0.5, 0.6) is 0 Å². The zero-order valence-corrected chi connectivity index (χ0v) is 8.40. The molecule has 4 heteroatoms. The van der Waals surface area contributed by atoms with Crippen molar-refractivity contribution >= 4 is 5.97 Å². The van der Waals surface area contributed by atoms with Crippen LogP contribution in [-0.2, 0) is 19.0 Å². The van der Waals surface area contributed by atoms with Gasteiger partial charge in [-0.1, -0.05) is 0 Å². The Labute approximate surface area is 83.5 Å². The summed E-state index contributed by atoms with van der Waals surface area (Å²) in [7, 11) is 0. The lowest BCUT2D eigenvalue weighted by molar-refractivity contribution is -0.148. The van der Waals surface area contributed by atoms with E-state index in [-0.39, 0.29) is 24.1 Å². The van der Waals surface area contributed by atoms with Crippen molar-refractivity contribution in [2.75, 3.05) is 19.8 Å². The predicted molar refractivity (Wildman–Crippen MR) is 48.8 cm³/mol. The fraction of sp³-hybridized carbons (Fsp3) is 0.900. The van der Waals surface area contributed by atoms with Gasteiger partial charge >= 0.3 is 5.97 Å². The minimum absolute atomic E-state index is 0.0325.